The molecule has 1 aliphatic rings. The van der Waals surface area contributed by atoms with Gasteiger partial charge in [0.2, 0.25) is 5.78 Å². The molecule has 4 aromatic carbocycles. The van der Waals surface area contributed by atoms with Crippen molar-refractivity contribution < 1.29 is 9.59 Å². The molecule has 0 atom stereocenters. The number of carbonyl (C=O) groups excluding carboxylic acids is 2. The second-order valence-electron chi connectivity index (χ2n) is 7.51. The molecule has 0 amide bonds. The maximum absolute atomic E-state index is 13.4. The third-order valence-corrected chi connectivity index (χ3v) is 9.24. The quantitative estimate of drug-likeness (QED) is 0.419. The lowest BCUT2D eigenvalue weighted by Gasteiger charge is -2.27. The van der Waals surface area contributed by atoms with Gasteiger partial charge < -0.3 is 0 Å². The van der Waals surface area contributed by atoms with Gasteiger partial charge in [-0.2, -0.15) is 0 Å². The molecular weight excluding hydrogens is 413 g/mol. The van der Waals surface area contributed by atoms with Crippen molar-refractivity contribution in [3.63, 3.8) is 0 Å². The normalized spacial score (nSPS) is 13.3. The number of nitrogens with zero attached hydrogens (tertiary/aromatic N) is 1. The monoisotopic (exact) mass is 433 g/mol. The van der Waals surface area contributed by atoms with Gasteiger partial charge in [0.15, 0.2) is 5.78 Å². The predicted octanol–water partition coefficient (Wildman–Crippen LogP) is 5.13. The lowest BCUT2D eigenvalue weighted by atomic mass is 9.93. The van der Waals surface area contributed by atoms with Gasteiger partial charge in [-0.1, -0.05) is 115 Å². The van der Waals surface area contributed by atoms with E-state index in [0.29, 0.717) is 11.1 Å². The van der Waals surface area contributed by atoms with Crippen LogP contribution >= 0.6 is 7.05 Å². The molecule has 0 fully saturated rings. The first-order chi connectivity index (χ1) is 15.7. The van der Waals surface area contributed by atoms with Crippen molar-refractivity contribution in [3.05, 3.63) is 138 Å². The van der Waals surface area contributed by atoms with Crippen LogP contribution in [0.1, 0.15) is 20.7 Å². The fraction of sp³-hybridized carbons (Fsp3) is 0. The van der Waals surface area contributed by atoms with E-state index >= 15 is 0 Å². The van der Waals surface area contributed by atoms with Crippen LogP contribution in [0.5, 0.6) is 0 Å². The summed E-state index contributed by atoms with van der Waals surface area (Å²) in [5.41, 5.74) is 1.05. The standard InChI is InChI=1S/C28H20NO2P/c30-27-20-26(28(31)25-19-11-10-18-24(25)27)29-32(21-12-4-1-5-13-21,22-14-6-2-7-15-22)23-16-8-3-9-17-23/h1-20H. The van der Waals surface area contributed by atoms with Crippen LogP contribution in [0.25, 0.3) is 0 Å². The first-order valence-corrected chi connectivity index (χ1v) is 12.1. The van der Waals surface area contributed by atoms with Gasteiger partial charge >= 0.3 is 0 Å². The zero-order valence-electron chi connectivity index (χ0n) is 17.3. The molecular formula is C28H20NO2P. The van der Waals surface area contributed by atoms with Crippen LogP contribution in [0.3, 0.4) is 0 Å². The van der Waals surface area contributed by atoms with Crippen molar-refractivity contribution >= 4 is 34.5 Å². The second kappa shape index (κ2) is 8.37. The van der Waals surface area contributed by atoms with Gasteiger partial charge in [0.25, 0.3) is 0 Å². The van der Waals surface area contributed by atoms with E-state index < -0.39 is 7.05 Å². The van der Waals surface area contributed by atoms with Crippen LogP contribution in [-0.4, -0.2) is 11.6 Å². The Balaban J connectivity index is 1.87. The van der Waals surface area contributed by atoms with Gasteiger partial charge in [0.05, 0.1) is 7.05 Å². The molecule has 0 N–H and O–H groups in total. The number of hydrogen-bond donors (Lipinski definition) is 0. The summed E-state index contributed by atoms with van der Waals surface area (Å²) in [6.07, 6.45) is 1.40. The summed E-state index contributed by atoms with van der Waals surface area (Å²) in [4.78, 5) is 26.3. The van der Waals surface area contributed by atoms with Crippen LogP contribution < -0.4 is 15.9 Å². The predicted molar refractivity (Wildman–Crippen MR) is 131 cm³/mol. The minimum Gasteiger partial charge on any atom is -0.289 e. The molecule has 4 heteroatoms. The summed E-state index contributed by atoms with van der Waals surface area (Å²) in [6, 6.07) is 37.1. The second-order valence-corrected chi connectivity index (χ2v) is 10.5. The van der Waals surface area contributed by atoms with Crippen LogP contribution in [0, 0.1) is 0 Å². The number of Topliss-reactive ketones (excluding diaryl/α,β-unsaturated/α-hetero) is 1. The fourth-order valence-corrected chi connectivity index (χ4v) is 7.61. The Bertz CT molecular complexity index is 1290. The first kappa shape index (κ1) is 20.1. The number of benzene rings is 4. The summed E-state index contributed by atoms with van der Waals surface area (Å²) >= 11 is 0. The van der Waals surface area contributed by atoms with E-state index in [1.54, 1.807) is 24.3 Å². The molecule has 0 saturated heterocycles. The average molecular weight is 433 g/mol. The Labute approximate surface area is 187 Å². The van der Waals surface area contributed by atoms with Crippen molar-refractivity contribution in [2.45, 2.75) is 0 Å². The molecule has 5 rings (SSSR count). The van der Waals surface area contributed by atoms with Gasteiger partial charge in [0, 0.05) is 33.1 Å². The molecule has 0 spiro atoms. The molecule has 0 aromatic heterocycles. The van der Waals surface area contributed by atoms with Gasteiger partial charge in [-0.05, 0) is 0 Å². The number of rotatable bonds is 4. The molecule has 32 heavy (non-hydrogen) atoms. The molecule has 0 radical (unpaired) electrons. The Kier molecular flexibility index (Phi) is 5.26. The largest absolute Gasteiger partial charge is 0.289 e. The van der Waals surface area contributed by atoms with Gasteiger partial charge in [-0.25, -0.2) is 4.74 Å². The van der Waals surface area contributed by atoms with Crippen molar-refractivity contribution in [1.82, 2.24) is 0 Å². The van der Waals surface area contributed by atoms with E-state index in [1.807, 2.05) is 54.6 Å². The van der Waals surface area contributed by atoms with Crippen LogP contribution in [0.2, 0.25) is 0 Å². The van der Waals surface area contributed by atoms with E-state index in [4.69, 9.17) is 4.74 Å². The van der Waals surface area contributed by atoms with Gasteiger partial charge in [-0.15, -0.1) is 0 Å². The van der Waals surface area contributed by atoms with E-state index in [1.165, 1.54) is 6.08 Å². The highest BCUT2D eigenvalue weighted by Crippen LogP contribution is 2.48. The molecule has 0 heterocycles. The van der Waals surface area contributed by atoms with Crippen molar-refractivity contribution in [2.24, 2.45) is 4.74 Å². The summed E-state index contributed by atoms with van der Waals surface area (Å²) in [7, 11) is -2.61. The third kappa shape index (κ3) is 3.37. The highest BCUT2D eigenvalue weighted by Gasteiger charge is 2.31. The van der Waals surface area contributed by atoms with Crippen LogP contribution in [0.4, 0.5) is 0 Å². The summed E-state index contributed by atoms with van der Waals surface area (Å²) in [6.45, 7) is 0. The maximum atomic E-state index is 13.4. The first-order valence-electron chi connectivity index (χ1n) is 10.4. The average Bonchev–Trinajstić information content (AvgIpc) is 2.87. The van der Waals surface area contributed by atoms with Crippen LogP contribution in [-0.2, 0) is 0 Å². The number of ketones is 2. The molecule has 0 bridgehead atoms. The Morgan fingerprint density at radius 2 is 0.906 bits per heavy atom. The highest BCUT2D eigenvalue weighted by molar-refractivity contribution is 7.87. The molecule has 154 valence electrons. The van der Waals surface area contributed by atoms with Crippen molar-refractivity contribution in [2.75, 3.05) is 0 Å². The Morgan fingerprint density at radius 3 is 1.38 bits per heavy atom. The molecule has 3 nitrogen and oxygen atoms in total. The number of fused-ring (bicyclic) bond motifs is 1. The smallest absolute Gasteiger partial charge is 0.212 e. The number of carbonyl (C=O) groups is 2. The molecule has 4 aromatic rings. The fourth-order valence-electron chi connectivity index (χ4n) is 4.09. The lowest BCUT2D eigenvalue weighted by Crippen LogP contribution is -2.26. The zero-order valence-corrected chi connectivity index (χ0v) is 18.2. The van der Waals surface area contributed by atoms with E-state index in [0.717, 1.165) is 15.9 Å². The SMILES string of the molecule is O=C1C=C(N=P(c2ccccc2)(c2ccccc2)c2ccccc2)C(=O)c2ccccc21. The van der Waals surface area contributed by atoms with Crippen molar-refractivity contribution in [1.29, 1.82) is 0 Å². The summed E-state index contributed by atoms with van der Waals surface area (Å²) < 4.78 is 5.21. The maximum Gasteiger partial charge on any atom is 0.212 e. The molecule has 0 aliphatic heterocycles. The number of allylic oxidation sites excluding steroid dienone is 2. The topological polar surface area (TPSA) is 46.5 Å². The van der Waals surface area contributed by atoms with E-state index in [2.05, 4.69) is 36.4 Å². The van der Waals surface area contributed by atoms with Gasteiger partial charge in [-0.3, -0.25) is 9.59 Å². The molecule has 0 unspecified atom stereocenters. The highest BCUT2D eigenvalue weighted by atomic mass is 31.2. The van der Waals surface area contributed by atoms with E-state index in [-0.39, 0.29) is 17.3 Å². The van der Waals surface area contributed by atoms with Crippen molar-refractivity contribution in [3.8, 4) is 0 Å². The zero-order chi connectivity index (χ0) is 22.0. The molecule has 0 saturated carbocycles. The van der Waals surface area contributed by atoms with E-state index in [9.17, 15) is 9.59 Å². The third-order valence-electron chi connectivity index (χ3n) is 5.58. The number of hydrogen-bond acceptors (Lipinski definition) is 3. The minimum atomic E-state index is -2.61. The lowest BCUT2D eigenvalue weighted by molar-refractivity contribution is 0.0983. The van der Waals surface area contributed by atoms with Gasteiger partial charge in [0.1, 0.15) is 5.70 Å². The Hall–Kier alpha value is -3.81. The summed E-state index contributed by atoms with van der Waals surface area (Å²) in [5, 5.41) is 3.08. The Morgan fingerprint density at radius 1 is 0.500 bits per heavy atom. The van der Waals surface area contributed by atoms with Crippen LogP contribution in [0.15, 0.2) is 132 Å². The minimum absolute atomic E-state index is 0.189. The summed E-state index contributed by atoms with van der Waals surface area (Å²) in [5.74, 6) is -0.404. The molecule has 1 aliphatic carbocycles.